The van der Waals surface area contributed by atoms with Gasteiger partial charge in [0.2, 0.25) is 5.91 Å². The Morgan fingerprint density at radius 3 is 2.33 bits per heavy atom. The summed E-state index contributed by atoms with van der Waals surface area (Å²) < 4.78 is 18.0. The van der Waals surface area contributed by atoms with Crippen LogP contribution in [-0.4, -0.2) is 32.3 Å². The van der Waals surface area contributed by atoms with E-state index in [1.807, 2.05) is 63.2 Å². The molecule has 0 saturated carbocycles. The van der Waals surface area contributed by atoms with Crippen molar-refractivity contribution in [2.24, 2.45) is 0 Å². The lowest BCUT2D eigenvalue weighted by atomic mass is 9.73. The normalized spacial score (nSPS) is 16.5. The zero-order valence-corrected chi connectivity index (χ0v) is 19.5. The van der Waals surface area contributed by atoms with Crippen molar-refractivity contribution in [3.8, 4) is 11.5 Å². The van der Waals surface area contributed by atoms with Crippen LogP contribution in [-0.2, 0) is 14.9 Å². The summed E-state index contributed by atoms with van der Waals surface area (Å²) in [5.74, 6) is 1.46. The highest BCUT2D eigenvalue weighted by Crippen LogP contribution is 2.37. The maximum atomic E-state index is 13.5. The predicted octanol–water partition coefficient (Wildman–Crippen LogP) is 5.17. The van der Waals surface area contributed by atoms with Crippen LogP contribution in [0.2, 0.25) is 0 Å². The molecular weight excluding hydrogens is 446 g/mol. The number of carbonyl (C=O) groups excluding carboxylic acids is 1. The highest BCUT2D eigenvalue weighted by Gasteiger charge is 2.42. The number of carbonyl (C=O) groups is 1. The number of hydrogen-bond donors (Lipinski definition) is 1. The largest absolute Gasteiger partial charge is 0.490 e. The third kappa shape index (κ3) is 4.98. The van der Waals surface area contributed by atoms with E-state index >= 15 is 0 Å². The Labute approximate surface area is 187 Å². The average Bonchev–Trinajstić information content (AvgIpc) is 2.76. The van der Waals surface area contributed by atoms with Gasteiger partial charge in [-0.05, 0) is 69.0 Å². The molecule has 1 atom stereocenters. The number of benzene rings is 2. The fraction of sp³-hybridized carbons (Fsp3) is 0.458. The Kier molecular flexibility index (Phi) is 7.78. The van der Waals surface area contributed by atoms with Crippen LogP contribution in [0.1, 0.15) is 50.8 Å². The van der Waals surface area contributed by atoms with E-state index in [1.165, 1.54) is 0 Å². The lowest BCUT2D eigenvalue weighted by Crippen LogP contribution is -2.48. The molecule has 1 fully saturated rings. The van der Waals surface area contributed by atoms with Crippen molar-refractivity contribution >= 4 is 21.8 Å². The fourth-order valence-corrected chi connectivity index (χ4v) is 4.16. The van der Waals surface area contributed by atoms with Gasteiger partial charge < -0.3 is 19.5 Å². The van der Waals surface area contributed by atoms with Crippen molar-refractivity contribution in [2.45, 2.75) is 45.1 Å². The molecular formula is C24H30BrNO4. The van der Waals surface area contributed by atoms with E-state index in [0.717, 1.165) is 21.3 Å². The van der Waals surface area contributed by atoms with Gasteiger partial charge in [0.15, 0.2) is 11.5 Å². The number of amides is 1. The van der Waals surface area contributed by atoms with E-state index in [-0.39, 0.29) is 11.9 Å². The van der Waals surface area contributed by atoms with Crippen molar-refractivity contribution in [3.63, 3.8) is 0 Å². The zero-order chi connectivity index (χ0) is 21.6. The second-order valence-electron chi connectivity index (χ2n) is 7.47. The first-order valence-corrected chi connectivity index (χ1v) is 11.3. The molecule has 3 rings (SSSR count). The lowest BCUT2D eigenvalue weighted by Gasteiger charge is -2.37. The van der Waals surface area contributed by atoms with Gasteiger partial charge in [0.05, 0.1) is 24.7 Å². The molecule has 2 aromatic carbocycles. The molecule has 1 aliphatic heterocycles. The molecule has 1 saturated heterocycles. The number of ether oxygens (including phenoxy) is 3. The SMILES string of the molecule is CCOc1ccc(C(C)NC(=O)C2(c3ccc(Br)cc3)CCOCC2)cc1OCC. The van der Waals surface area contributed by atoms with E-state index in [1.54, 1.807) is 0 Å². The summed E-state index contributed by atoms with van der Waals surface area (Å²) in [7, 11) is 0. The van der Waals surface area contributed by atoms with Crippen LogP contribution in [0, 0.1) is 0 Å². The molecule has 0 spiro atoms. The summed E-state index contributed by atoms with van der Waals surface area (Å²) in [6, 6.07) is 13.7. The van der Waals surface area contributed by atoms with E-state index in [4.69, 9.17) is 14.2 Å². The van der Waals surface area contributed by atoms with Crippen molar-refractivity contribution in [2.75, 3.05) is 26.4 Å². The van der Waals surface area contributed by atoms with Crippen molar-refractivity contribution in [1.29, 1.82) is 0 Å². The van der Waals surface area contributed by atoms with Crippen molar-refractivity contribution in [3.05, 3.63) is 58.1 Å². The van der Waals surface area contributed by atoms with Crippen LogP contribution in [0.4, 0.5) is 0 Å². The number of halogens is 1. The monoisotopic (exact) mass is 475 g/mol. The van der Waals surface area contributed by atoms with E-state index < -0.39 is 5.41 Å². The molecule has 0 aromatic heterocycles. The minimum atomic E-state index is -0.582. The quantitative estimate of drug-likeness (QED) is 0.571. The first-order valence-electron chi connectivity index (χ1n) is 10.5. The number of nitrogens with one attached hydrogen (secondary N) is 1. The Balaban J connectivity index is 1.83. The van der Waals surface area contributed by atoms with Gasteiger partial charge in [0.1, 0.15) is 0 Å². The summed E-state index contributed by atoms with van der Waals surface area (Å²) in [6.07, 6.45) is 1.33. The molecule has 1 heterocycles. The summed E-state index contributed by atoms with van der Waals surface area (Å²) in [5.41, 5.74) is 1.43. The van der Waals surface area contributed by atoms with Crippen molar-refractivity contribution in [1.82, 2.24) is 5.32 Å². The van der Waals surface area contributed by atoms with Crippen LogP contribution < -0.4 is 14.8 Å². The van der Waals surface area contributed by atoms with E-state index in [0.29, 0.717) is 45.0 Å². The molecule has 0 bridgehead atoms. The molecule has 162 valence electrons. The van der Waals surface area contributed by atoms with Gasteiger partial charge in [0, 0.05) is 17.7 Å². The number of rotatable bonds is 8. The van der Waals surface area contributed by atoms with Gasteiger partial charge in [-0.3, -0.25) is 4.79 Å². The van der Waals surface area contributed by atoms with Crippen LogP contribution in [0.15, 0.2) is 46.9 Å². The number of hydrogen-bond acceptors (Lipinski definition) is 4. The third-order valence-corrected chi connectivity index (χ3v) is 6.12. The minimum absolute atomic E-state index is 0.0347. The molecule has 0 radical (unpaired) electrons. The molecule has 0 aliphatic carbocycles. The average molecular weight is 476 g/mol. The van der Waals surface area contributed by atoms with Crippen LogP contribution in [0.25, 0.3) is 0 Å². The topological polar surface area (TPSA) is 56.8 Å². The van der Waals surface area contributed by atoms with Gasteiger partial charge >= 0.3 is 0 Å². The molecule has 2 aromatic rings. The summed E-state index contributed by atoms with van der Waals surface area (Å²) >= 11 is 3.48. The Morgan fingerprint density at radius 1 is 1.07 bits per heavy atom. The van der Waals surface area contributed by atoms with Gasteiger partial charge in [-0.2, -0.15) is 0 Å². The van der Waals surface area contributed by atoms with Crippen molar-refractivity contribution < 1.29 is 19.0 Å². The first kappa shape index (κ1) is 22.6. The highest BCUT2D eigenvalue weighted by atomic mass is 79.9. The lowest BCUT2D eigenvalue weighted by molar-refractivity contribution is -0.131. The Hall–Kier alpha value is -2.05. The molecule has 1 aliphatic rings. The summed E-state index contributed by atoms with van der Waals surface area (Å²) in [6.45, 7) is 8.17. The second-order valence-corrected chi connectivity index (χ2v) is 8.38. The summed E-state index contributed by atoms with van der Waals surface area (Å²) in [4.78, 5) is 13.5. The molecule has 1 amide bonds. The maximum absolute atomic E-state index is 13.5. The zero-order valence-electron chi connectivity index (χ0n) is 17.9. The highest BCUT2D eigenvalue weighted by molar-refractivity contribution is 9.10. The van der Waals surface area contributed by atoms with Crippen LogP contribution in [0.3, 0.4) is 0 Å². The van der Waals surface area contributed by atoms with Gasteiger partial charge in [0.25, 0.3) is 0 Å². The van der Waals surface area contributed by atoms with Gasteiger partial charge in [-0.25, -0.2) is 0 Å². The van der Waals surface area contributed by atoms with E-state index in [9.17, 15) is 4.79 Å². The molecule has 1 N–H and O–H groups in total. The minimum Gasteiger partial charge on any atom is -0.490 e. The Bertz CT molecular complexity index is 847. The standard InChI is InChI=1S/C24H30BrNO4/c1-4-29-21-11-6-18(16-22(21)30-5-2)17(3)26-23(27)24(12-14-28-15-13-24)19-7-9-20(25)10-8-19/h6-11,16-17H,4-5,12-15H2,1-3H3,(H,26,27). The molecule has 6 heteroatoms. The Morgan fingerprint density at radius 2 is 1.70 bits per heavy atom. The van der Waals surface area contributed by atoms with Crippen LogP contribution in [0.5, 0.6) is 11.5 Å². The first-order chi connectivity index (χ1) is 14.5. The molecule has 30 heavy (non-hydrogen) atoms. The smallest absolute Gasteiger partial charge is 0.231 e. The van der Waals surface area contributed by atoms with E-state index in [2.05, 4.69) is 21.2 Å². The van der Waals surface area contributed by atoms with Crippen LogP contribution >= 0.6 is 15.9 Å². The fourth-order valence-electron chi connectivity index (χ4n) is 3.89. The maximum Gasteiger partial charge on any atom is 0.231 e. The van der Waals surface area contributed by atoms with Gasteiger partial charge in [-0.1, -0.05) is 34.1 Å². The third-order valence-electron chi connectivity index (χ3n) is 5.59. The summed E-state index contributed by atoms with van der Waals surface area (Å²) in [5, 5.41) is 3.24. The predicted molar refractivity (Wildman–Crippen MR) is 121 cm³/mol. The second kappa shape index (κ2) is 10.3. The molecule has 1 unspecified atom stereocenters. The van der Waals surface area contributed by atoms with Gasteiger partial charge in [-0.15, -0.1) is 0 Å². The molecule has 5 nitrogen and oxygen atoms in total.